The van der Waals surface area contributed by atoms with Crippen LogP contribution in [-0.2, 0) is 9.53 Å². The molecule has 1 aliphatic rings. The van der Waals surface area contributed by atoms with Crippen LogP contribution < -0.4 is 5.32 Å². The minimum absolute atomic E-state index is 0.0326. The first kappa shape index (κ1) is 15.7. The van der Waals surface area contributed by atoms with Gasteiger partial charge in [-0.1, -0.05) is 12.2 Å². The monoisotopic (exact) mass is 310 g/mol. The molecule has 1 amide bonds. The molecule has 2 heterocycles. The number of aliphatic carboxylic acids is 1. The van der Waals surface area contributed by atoms with Crippen molar-refractivity contribution >= 4 is 23.2 Å². The number of carbonyl (C=O) groups is 2. The van der Waals surface area contributed by atoms with Gasteiger partial charge < -0.3 is 15.2 Å². The fourth-order valence-corrected chi connectivity index (χ4v) is 2.92. The molecule has 7 heteroatoms. The van der Waals surface area contributed by atoms with Crippen molar-refractivity contribution in [3.63, 3.8) is 0 Å². The largest absolute Gasteiger partial charge is 0.480 e. The number of carboxylic acid groups (broad SMARTS) is 1. The Morgan fingerprint density at radius 3 is 3.10 bits per heavy atom. The molecule has 0 aromatic carbocycles. The van der Waals surface area contributed by atoms with Crippen LogP contribution in [0.25, 0.3) is 0 Å². The Balaban J connectivity index is 2.00. The summed E-state index contributed by atoms with van der Waals surface area (Å²) in [7, 11) is 0. The quantitative estimate of drug-likeness (QED) is 0.786. The molecule has 1 aromatic rings. The van der Waals surface area contributed by atoms with Crippen molar-refractivity contribution in [3.8, 4) is 0 Å². The van der Waals surface area contributed by atoms with Crippen LogP contribution in [0.15, 0.2) is 17.5 Å². The van der Waals surface area contributed by atoms with Crippen LogP contribution >= 0.6 is 11.3 Å². The van der Waals surface area contributed by atoms with Crippen molar-refractivity contribution in [3.05, 3.63) is 28.2 Å². The lowest BCUT2D eigenvalue weighted by atomic mass is 10.2. The van der Waals surface area contributed by atoms with Crippen molar-refractivity contribution in [1.29, 1.82) is 0 Å². The van der Waals surface area contributed by atoms with E-state index >= 15 is 0 Å². The van der Waals surface area contributed by atoms with Gasteiger partial charge in [0.1, 0.15) is 22.8 Å². The molecule has 114 valence electrons. The number of nitrogens with zero attached hydrogens (tertiary/aromatic N) is 1. The van der Waals surface area contributed by atoms with Gasteiger partial charge in [0.2, 0.25) is 0 Å². The normalized spacial score (nSPS) is 19.8. The van der Waals surface area contributed by atoms with Crippen molar-refractivity contribution in [2.24, 2.45) is 0 Å². The zero-order valence-corrected chi connectivity index (χ0v) is 12.6. The van der Waals surface area contributed by atoms with Gasteiger partial charge in [0.25, 0.3) is 5.91 Å². The number of thiazole rings is 1. The van der Waals surface area contributed by atoms with E-state index in [1.54, 1.807) is 24.5 Å². The molecule has 21 heavy (non-hydrogen) atoms. The molecule has 0 bridgehead atoms. The zero-order valence-electron chi connectivity index (χ0n) is 11.7. The Hall–Kier alpha value is -1.73. The van der Waals surface area contributed by atoms with Gasteiger partial charge in [-0.3, -0.25) is 4.79 Å². The smallest absolute Gasteiger partial charge is 0.326 e. The van der Waals surface area contributed by atoms with Gasteiger partial charge in [-0.15, -0.1) is 11.3 Å². The van der Waals surface area contributed by atoms with E-state index < -0.39 is 17.9 Å². The third-order valence-electron chi connectivity index (χ3n) is 3.17. The minimum Gasteiger partial charge on any atom is -0.480 e. The molecule has 2 unspecified atom stereocenters. The van der Waals surface area contributed by atoms with Gasteiger partial charge >= 0.3 is 5.97 Å². The molecule has 0 aliphatic carbocycles. The second-order valence-electron chi connectivity index (χ2n) is 4.74. The van der Waals surface area contributed by atoms with Crippen LogP contribution in [0.2, 0.25) is 0 Å². The lowest BCUT2D eigenvalue weighted by Crippen LogP contribution is -2.40. The zero-order chi connectivity index (χ0) is 15.2. The molecule has 2 atom stereocenters. The van der Waals surface area contributed by atoms with Crippen LogP contribution in [0.3, 0.4) is 0 Å². The van der Waals surface area contributed by atoms with Gasteiger partial charge in [-0.05, 0) is 26.2 Å². The molecule has 2 N–H and O–H groups in total. The number of amides is 1. The molecular formula is C14H18N2O4S. The average molecular weight is 310 g/mol. The number of carbonyl (C=O) groups excluding carboxylic acids is 1. The highest BCUT2D eigenvalue weighted by molar-refractivity contribution is 7.09. The van der Waals surface area contributed by atoms with E-state index in [2.05, 4.69) is 10.3 Å². The van der Waals surface area contributed by atoms with E-state index in [4.69, 9.17) is 9.84 Å². The summed E-state index contributed by atoms with van der Waals surface area (Å²) in [6, 6.07) is -0.943. The summed E-state index contributed by atoms with van der Waals surface area (Å²) in [6.07, 6.45) is 5.58. The first-order valence-corrected chi connectivity index (χ1v) is 7.71. The van der Waals surface area contributed by atoms with Crippen LogP contribution in [0.1, 0.15) is 47.8 Å². The van der Waals surface area contributed by atoms with E-state index in [9.17, 15) is 9.59 Å². The van der Waals surface area contributed by atoms with Crippen molar-refractivity contribution in [2.75, 3.05) is 6.61 Å². The van der Waals surface area contributed by atoms with E-state index in [0.717, 1.165) is 24.5 Å². The number of hydrogen-bond donors (Lipinski definition) is 2. The van der Waals surface area contributed by atoms with Gasteiger partial charge in [0, 0.05) is 12.0 Å². The number of aromatic nitrogens is 1. The van der Waals surface area contributed by atoms with Crippen LogP contribution in [0.4, 0.5) is 0 Å². The highest BCUT2D eigenvalue weighted by Crippen LogP contribution is 2.30. The Labute approximate surface area is 126 Å². The molecule has 0 saturated carbocycles. The topological polar surface area (TPSA) is 88.5 Å². The molecule has 6 nitrogen and oxygen atoms in total. The highest BCUT2D eigenvalue weighted by atomic mass is 32.1. The highest BCUT2D eigenvalue weighted by Gasteiger charge is 2.24. The van der Waals surface area contributed by atoms with Crippen molar-refractivity contribution in [2.45, 2.75) is 38.3 Å². The summed E-state index contributed by atoms with van der Waals surface area (Å²) >= 11 is 1.37. The maximum atomic E-state index is 12.1. The maximum absolute atomic E-state index is 12.1. The summed E-state index contributed by atoms with van der Waals surface area (Å²) < 4.78 is 5.52. The van der Waals surface area contributed by atoms with E-state index in [1.807, 2.05) is 0 Å². The fourth-order valence-electron chi connectivity index (χ4n) is 2.04. The van der Waals surface area contributed by atoms with E-state index in [0.29, 0.717) is 0 Å². The summed E-state index contributed by atoms with van der Waals surface area (Å²) in [5, 5.41) is 14.0. The molecule has 1 saturated heterocycles. The third-order valence-corrected chi connectivity index (χ3v) is 4.11. The first-order valence-electron chi connectivity index (χ1n) is 6.83. The Morgan fingerprint density at radius 1 is 1.67 bits per heavy atom. The molecule has 0 radical (unpaired) electrons. The Kier molecular flexibility index (Phi) is 5.46. The fraction of sp³-hybridized carbons (Fsp3) is 0.500. The minimum atomic E-state index is -1.06. The summed E-state index contributed by atoms with van der Waals surface area (Å²) in [6.45, 7) is 2.52. The van der Waals surface area contributed by atoms with E-state index in [-0.39, 0.29) is 18.2 Å². The van der Waals surface area contributed by atoms with Crippen molar-refractivity contribution in [1.82, 2.24) is 10.3 Å². The van der Waals surface area contributed by atoms with Crippen molar-refractivity contribution < 1.29 is 19.4 Å². The summed E-state index contributed by atoms with van der Waals surface area (Å²) in [5.41, 5.74) is 0.247. The van der Waals surface area contributed by atoms with Crippen LogP contribution in [-0.4, -0.2) is 34.6 Å². The average Bonchev–Trinajstić information content (AvgIpc) is 3.12. The summed E-state index contributed by atoms with van der Waals surface area (Å²) in [5.74, 6) is -1.52. The second-order valence-corrected chi connectivity index (χ2v) is 5.63. The second kappa shape index (κ2) is 7.33. The summed E-state index contributed by atoms with van der Waals surface area (Å²) in [4.78, 5) is 27.4. The van der Waals surface area contributed by atoms with Gasteiger partial charge in [0.15, 0.2) is 0 Å². The standard InChI is InChI=1S/C14H18N2O4S/c1-2-3-5-9(14(18)19)15-12(17)10-8-21-13(16-10)11-6-4-7-20-11/h2-3,8-9,11H,4-7H2,1H3,(H,15,17)(H,18,19)/b3-2+. The van der Waals surface area contributed by atoms with E-state index in [1.165, 1.54) is 11.3 Å². The lowest BCUT2D eigenvalue weighted by Gasteiger charge is -2.11. The van der Waals surface area contributed by atoms with Crippen LogP contribution in [0, 0.1) is 0 Å². The molecule has 2 rings (SSSR count). The number of hydrogen-bond acceptors (Lipinski definition) is 5. The molecular weight excluding hydrogens is 292 g/mol. The number of rotatable bonds is 6. The third kappa shape index (κ3) is 4.12. The SMILES string of the molecule is C/C=C/CC(NC(=O)c1csc(C2CCCO2)n1)C(=O)O. The van der Waals surface area contributed by atoms with Gasteiger partial charge in [0.05, 0.1) is 0 Å². The predicted octanol–water partition coefficient (Wildman–Crippen LogP) is 2.14. The Bertz CT molecular complexity index is 535. The van der Waals surface area contributed by atoms with Crippen LogP contribution in [0.5, 0.6) is 0 Å². The molecule has 1 fully saturated rings. The van der Waals surface area contributed by atoms with Gasteiger partial charge in [-0.25, -0.2) is 9.78 Å². The number of ether oxygens (including phenoxy) is 1. The molecule has 0 spiro atoms. The lowest BCUT2D eigenvalue weighted by molar-refractivity contribution is -0.139. The first-order chi connectivity index (χ1) is 10.1. The van der Waals surface area contributed by atoms with Gasteiger partial charge in [-0.2, -0.15) is 0 Å². The predicted molar refractivity (Wildman–Crippen MR) is 78.4 cm³/mol. The Morgan fingerprint density at radius 2 is 2.48 bits per heavy atom. The number of carboxylic acids is 1. The maximum Gasteiger partial charge on any atom is 0.326 e. The molecule has 1 aromatic heterocycles. The number of allylic oxidation sites excluding steroid dienone is 1. The number of nitrogens with one attached hydrogen (secondary N) is 1. The molecule has 1 aliphatic heterocycles.